The Morgan fingerprint density at radius 2 is 2.00 bits per heavy atom. The van der Waals surface area contributed by atoms with E-state index in [1.165, 1.54) is 0 Å². The molecule has 2 saturated heterocycles. The van der Waals surface area contributed by atoms with Gasteiger partial charge in [0, 0.05) is 17.6 Å². The van der Waals surface area contributed by atoms with Gasteiger partial charge in [0.1, 0.15) is 0 Å². The van der Waals surface area contributed by atoms with Crippen molar-refractivity contribution >= 4 is 33.4 Å². The van der Waals surface area contributed by atoms with Crippen LogP contribution >= 0.6 is 27.5 Å². The molecule has 1 amide bonds. The van der Waals surface area contributed by atoms with E-state index in [2.05, 4.69) is 15.9 Å². The van der Waals surface area contributed by atoms with Crippen molar-refractivity contribution in [1.29, 1.82) is 0 Å². The first-order chi connectivity index (χ1) is 8.63. The van der Waals surface area contributed by atoms with Crippen LogP contribution in [-0.4, -0.2) is 36.1 Å². The van der Waals surface area contributed by atoms with Crippen molar-refractivity contribution in [2.24, 2.45) is 0 Å². The van der Waals surface area contributed by atoms with Crippen LogP contribution in [0.3, 0.4) is 0 Å². The predicted octanol–water partition coefficient (Wildman–Crippen LogP) is 3.11. The first-order valence-corrected chi connectivity index (χ1v) is 7.20. The van der Waals surface area contributed by atoms with Crippen LogP contribution < -0.4 is 0 Å². The summed E-state index contributed by atoms with van der Waals surface area (Å²) in [6.45, 7) is 1.36. The van der Waals surface area contributed by atoms with Gasteiger partial charge in [-0.2, -0.15) is 0 Å². The van der Waals surface area contributed by atoms with Crippen molar-refractivity contribution in [1.82, 2.24) is 4.90 Å². The zero-order chi connectivity index (χ0) is 12.7. The molecule has 2 aliphatic rings. The number of likely N-dealkylation sites (tertiary alicyclic amines) is 1. The number of benzene rings is 1. The number of hydrogen-bond acceptors (Lipinski definition) is 2. The van der Waals surface area contributed by atoms with E-state index in [0.29, 0.717) is 23.7 Å². The number of ether oxygens (including phenoxy) is 1. The van der Waals surface area contributed by atoms with E-state index in [0.717, 1.165) is 17.3 Å². The van der Waals surface area contributed by atoms with Gasteiger partial charge in [-0.15, -0.1) is 0 Å². The number of amides is 1. The Labute approximate surface area is 119 Å². The molecule has 3 rings (SSSR count). The van der Waals surface area contributed by atoms with Gasteiger partial charge in [0.05, 0.1) is 22.8 Å². The maximum atomic E-state index is 12.5. The summed E-state index contributed by atoms with van der Waals surface area (Å²) in [5, 5.41) is 0.502. The van der Waals surface area contributed by atoms with Gasteiger partial charge in [-0.05, 0) is 31.0 Å². The Morgan fingerprint density at radius 1 is 1.33 bits per heavy atom. The SMILES string of the molecule is O=C(c1cc(Br)ccc1Cl)N1CC2CCC(C1)O2. The third-order valence-electron chi connectivity index (χ3n) is 3.49. The summed E-state index contributed by atoms with van der Waals surface area (Å²) in [5.74, 6) is 0.00139. The fraction of sp³-hybridized carbons (Fsp3) is 0.462. The third-order valence-corrected chi connectivity index (χ3v) is 4.31. The molecule has 18 heavy (non-hydrogen) atoms. The van der Waals surface area contributed by atoms with Crippen LogP contribution in [-0.2, 0) is 4.74 Å². The van der Waals surface area contributed by atoms with Gasteiger partial charge in [-0.25, -0.2) is 0 Å². The predicted molar refractivity (Wildman–Crippen MR) is 73.0 cm³/mol. The Balaban J connectivity index is 1.84. The highest BCUT2D eigenvalue weighted by Crippen LogP contribution is 2.29. The molecule has 0 saturated carbocycles. The van der Waals surface area contributed by atoms with E-state index in [1.807, 2.05) is 11.0 Å². The number of fused-ring (bicyclic) bond motifs is 2. The summed E-state index contributed by atoms with van der Waals surface area (Å²) in [7, 11) is 0. The fourth-order valence-electron chi connectivity index (χ4n) is 2.61. The molecule has 2 unspecified atom stereocenters. The highest BCUT2D eigenvalue weighted by molar-refractivity contribution is 9.10. The smallest absolute Gasteiger partial charge is 0.255 e. The van der Waals surface area contributed by atoms with Gasteiger partial charge in [-0.3, -0.25) is 4.79 Å². The lowest BCUT2D eigenvalue weighted by Gasteiger charge is -2.32. The third kappa shape index (κ3) is 2.29. The van der Waals surface area contributed by atoms with Crippen molar-refractivity contribution in [3.8, 4) is 0 Å². The minimum atomic E-state index is 0.00139. The van der Waals surface area contributed by atoms with Gasteiger partial charge < -0.3 is 9.64 Å². The Hall–Kier alpha value is -0.580. The zero-order valence-electron chi connectivity index (χ0n) is 9.73. The van der Waals surface area contributed by atoms with E-state index in [4.69, 9.17) is 16.3 Å². The maximum Gasteiger partial charge on any atom is 0.255 e. The molecule has 0 aromatic heterocycles. The summed E-state index contributed by atoms with van der Waals surface area (Å²) in [6.07, 6.45) is 2.53. The lowest BCUT2D eigenvalue weighted by atomic mass is 10.1. The van der Waals surface area contributed by atoms with Crippen LogP contribution in [0.1, 0.15) is 23.2 Å². The lowest BCUT2D eigenvalue weighted by molar-refractivity contribution is -0.0303. The Morgan fingerprint density at radius 3 is 2.67 bits per heavy atom. The van der Waals surface area contributed by atoms with Crippen LogP contribution in [0.2, 0.25) is 5.02 Å². The zero-order valence-corrected chi connectivity index (χ0v) is 12.1. The molecule has 0 N–H and O–H groups in total. The average Bonchev–Trinajstić information content (AvgIpc) is 2.70. The highest BCUT2D eigenvalue weighted by atomic mass is 79.9. The summed E-state index contributed by atoms with van der Waals surface area (Å²) in [5.41, 5.74) is 0.562. The second kappa shape index (κ2) is 4.83. The van der Waals surface area contributed by atoms with E-state index in [9.17, 15) is 4.79 Å². The standard InChI is InChI=1S/C13H13BrClNO2/c14-8-1-4-12(15)11(5-8)13(17)16-6-9-2-3-10(7-16)18-9/h1,4-5,9-10H,2-3,6-7H2. The van der Waals surface area contributed by atoms with Crippen molar-refractivity contribution < 1.29 is 9.53 Å². The molecule has 2 aliphatic heterocycles. The number of nitrogens with zero attached hydrogens (tertiary/aromatic N) is 1. The Kier molecular flexibility index (Phi) is 3.34. The van der Waals surface area contributed by atoms with E-state index >= 15 is 0 Å². The van der Waals surface area contributed by atoms with Gasteiger partial charge in [-0.1, -0.05) is 27.5 Å². The van der Waals surface area contributed by atoms with Crippen molar-refractivity contribution in [3.05, 3.63) is 33.3 Å². The van der Waals surface area contributed by atoms with E-state index in [1.54, 1.807) is 12.1 Å². The van der Waals surface area contributed by atoms with Crippen LogP contribution in [0.15, 0.2) is 22.7 Å². The first-order valence-electron chi connectivity index (χ1n) is 6.03. The molecule has 2 heterocycles. The molecule has 96 valence electrons. The van der Waals surface area contributed by atoms with Crippen LogP contribution in [0, 0.1) is 0 Å². The number of carbonyl (C=O) groups is 1. The highest BCUT2D eigenvalue weighted by Gasteiger charge is 2.36. The van der Waals surface area contributed by atoms with Crippen LogP contribution in [0.4, 0.5) is 0 Å². The van der Waals surface area contributed by atoms with Crippen molar-refractivity contribution in [2.45, 2.75) is 25.0 Å². The summed E-state index contributed by atoms with van der Waals surface area (Å²) in [6, 6.07) is 5.36. The monoisotopic (exact) mass is 329 g/mol. The van der Waals surface area contributed by atoms with Gasteiger partial charge >= 0.3 is 0 Å². The molecule has 3 nitrogen and oxygen atoms in total. The summed E-state index contributed by atoms with van der Waals surface area (Å²) >= 11 is 9.47. The van der Waals surface area contributed by atoms with Crippen LogP contribution in [0.25, 0.3) is 0 Å². The van der Waals surface area contributed by atoms with E-state index < -0.39 is 0 Å². The molecular formula is C13H13BrClNO2. The largest absolute Gasteiger partial charge is 0.371 e. The maximum absolute atomic E-state index is 12.5. The molecule has 1 aromatic carbocycles. The van der Waals surface area contributed by atoms with Gasteiger partial charge in [0.2, 0.25) is 0 Å². The van der Waals surface area contributed by atoms with Gasteiger partial charge in [0.15, 0.2) is 0 Å². The summed E-state index contributed by atoms with van der Waals surface area (Å²) < 4.78 is 6.60. The number of hydrogen-bond donors (Lipinski definition) is 0. The molecular weight excluding hydrogens is 318 g/mol. The van der Waals surface area contributed by atoms with Crippen molar-refractivity contribution in [3.63, 3.8) is 0 Å². The van der Waals surface area contributed by atoms with E-state index in [-0.39, 0.29) is 18.1 Å². The number of rotatable bonds is 1. The molecule has 2 fully saturated rings. The van der Waals surface area contributed by atoms with Crippen LogP contribution in [0.5, 0.6) is 0 Å². The summed E-state index contributed by atoms with van der Waals surface area (Å²) in [4.78, 5) is 14.3. The molecule has 0 aliphatic carbocycles. The fourth-order valence-corrected chi connectivity index (χ4v) is 3.17. The normalized spacial score (nSPS) is 26.4. The van der Waals surface area contributed by atoms with Crippen molar-refractivity contribution in [2.75, 3.05) is 13.1 Å². The molecule has 0 radical (unpaired) electrons. The number of carbonyl (C=O) groups excluding carboxylic acids is 1. The second-order valence-electron chi connectivity index (χ2n) is 4.79. The molecule has 5 heteroatoms. The Bertz CT molecular complexity index is 482. The molecule has 2 bridgehead atoms. The molecule has 2 atom stereocenters. The molecule has 0 spiro atoms. The second-order valence-corrected chi connectivity index (χ2v) is 6.11. The minimum Gasteiger partial charge on any atom is -0.371 e. The topological polar surface area (TPSA) is 29.5 Å². The van der Waals surface area contributed by atoms with Gasteiger partial charge in [0.25, 0.3) is 5.91 Å². The molecule has 1 aromatic rings. The quantitative estimate of drug-likeness (QED) is 0.792. The first kappa shape index (κ1) is 12.5. The minimum absolute atomic E-state index is 0.00139. The lowest BCUT2D eigenvalue weighted by Crippen LogP contribution is -2.45. The average molecular weight is 331 g/mol. The number of morpholine rings is 1. The number of halogens is 2.